The molecule has 1 aromatic rings. The fourth-order valence-corrected chi connectivity index (χ4v) is 5.56. The molecule has 0 radical (unpaired) electrons. The van der Waals surface area contributed by atoms with Gasteiger partial charge in [-0.2, -0.15) is 4.31 Å². The van der Waals surface area contributed by atoms with E-state index < -0.39 is 21.5 Å². The number of morpholine rings is 1. The molecule has 0 unspecified atom stereocenters. The van der Waals surface area contributed by atoms with Crippen molar-refractivity contribution in [1.29, 1.82) is 0 Å². The van der Waals surface area contributed by atoms with Gasteiger partial charge in [-0.15, -0.1) is 0 Å². The number of carbonyl (C=O) groups excluding carboxylic acids is 2. The van der Waals surface area contributed by atoms with E-state index in [1.807, 2.05) is 6.92 Å². The van der Waals surface area contributed by atoms with Crippen LogP contribution in [-0.2, 0) is 19.6 Å². The van der Waals surface area contributed by atoms with Gasteiger partial charge in [-0.1, -0.05) is 25.3 Å². The second-order valence-corrected chi connectivity index (χ2v) is 9.89. The van der Waals surface area contributed by atoms with E-state index in [-0.39, 0.29) is 29.5 Å². The zero-order chi connectivity index (χ0) is 21.8. The standard InChI is InChI=1S/C21H31N3O5S/c1-3-22-20(26)21(9-5-4-6-10-21)23-19(25)18-15-17(8-7-16(18)2)30(27,28)24-11-13-29-14-12-24/h7-8,15H,3-6,9-14H2,1-2H3,(H,22,26)(H,23,25). The van der Waals surface area contributed by atoms with Crippen molar-refractivity contribution in [2.75, 3.05) is 32.8 Å². The van der Waals surface area contributed by atoms with Gasteiger partial charge >= 0.3 is 0 Å². The van der Waals surface area contributed by atoms with Crippen molar-refractivity contribution in [2.24, 2.45) is 0 Å². The summed E-state index contributed by atoms with van der Waals surface area (Å²) in [5, 5.41) is 5.79. The predicted octanol–water partition coefficient (Wildman–Crippen LogP) is 1.58. The van der Waals surface area contributed by atoms with Gasteiger partial charge in [-0.25, -0.2) is 8.42 Å². The summed E-state index contributed by atoms with van der Waals surface area (Å²) in [5.74, 6) is -0.590. The fourth-order valence-electron chi connectivity index (χ4n) is 4.12. The summed E-state index contributed by atoms with van der Waals surface area (Å²) in [5.41, 5.74) is -0.00878. The van der Waals surface area contributed by atoms with Crippen LogP contribution >= 0.6 is 0 Å². The molecule has 8 nitrogen and oxygen atoms in total. The van der Waals surface area contributed by atoms with Crippen LogP contribution in [0.15, 0.2) is 23.1 Å². The minimum atomic E-state index is -3.71. The van der Waals surface area contributed by atoms with E-state index in [0.29, 0.717) is 38.2 Å². The van der Waals surface area contributed by atoms with Gasteiger partial charge in [0.25, 0.3) is 5.91 Å². The van der Waals surface area contributed by atoms with Crippen molar-refractivity contribution in [1.82, 2.24) is 14.9 Å². The third kappa shape index (κ3) is 4.68. The SMILES string of the molecule is CCNC(=O)C1(NC(=O)c2cc(S(=O)(=O)N3CCOCC3)ccc2C)CCCCC1. The van der Waals surface area contributed by atoms with Crippen LogP contribution in [0.2, 0.25) is 0 Å². The molecule has 1 aromatic carbocycles. The van der Waals surface area contributed by atoms with E-state index in [2.05, 4.69) is 10.6 Å². The molecule has 0 bridgehead atoms. The predicted molar refractivity (Wildman–Crippen MR) is 113 cm³/mol. The highest BCUT2D eigenvalue weighted by atomic mass is 32.2. The number of aryl methyl sites for hydroxylation is 1. The number of benzene rings is 1. The molecule has 1 aliphatic heterocycles. The maximum Gasteiger partial charge on any atom is 0.252 e. The van der Waals surface area contributed by atoms with Gasteiger partial charge in [-0.05, 0) is 44.4 Å². The number of amides is 2. The number of nitrogens with zero attached hydrogens (tertiary/aromatic N) is 1. The minimum absolute atomic E-state index is 0.0795. The van der Waals surface area contributed by atoms with Crippen LogP contribution in [-0.4, -0.2) is 62.9 Å². The highest BCUT2D eigenvalue weighted by Gasteiger charge is 2.41. The van der Waals surface area contributed by atoms with E-state index in [4.69, 9.17) is 4.74 Å². The van der Waals surface area contributed by atoms with Crippen LogP contribution in [0.5, 0.6) is 0 Å². The number of sulfonamides is 1. The van der Waals surface area contributed by atoms with Crippen LogP contribution in [0.1, 0.15) is 54.9 Å². The molecule has 1 saturated carbocycles. The maximum atomic E-state index is 13.2. The number of nitrogens with one attached hydrogen (secondary N) is 2. The zero-order valence-corrected chi connectivity index (χ0v) is 18.5. The van der Waals surface area contributed by atoms with Gasteiger partial charge in [0.15, 0.2) is 0 Å². The normalized spacial score (nSPS) is 19.8. The van der Waals surface area contributed by atoms with Crippen molar-refractivity contribution in [3.05, 3.63) is 29.3 Å². The first-order valence-corrected chi connectivity index (χ1v) is 12.0. The average molecular weight is 438 g/mol. The van der Waals surface area contributed by atoms with Crippen molar-refractivity contribution in [2.45, 2.75) is 56.4 Å². The lowest BCUT2D eigenvalue weighted by molar-refractivity contribution is -0.128. The Morgan fingerprint density at radius 1 is 1.13 bits per heavy atom. The summed E-state index contributed by atoms with van der Waals surface area (Å²) in [6.45, 7) is 5.39. The van der Waals surface area contributed by atoms with E-state index in [0.717, 1.165) is 19.3 Å². The molecule has 2 aliphatic rings. The van der Waals surface area contributed by atoms with Crippen LogP contribution < -0.4 is 10.6 Å². The van der Waals surface area contributed by atoms with E-state index in [9.17, 15) is 18.0 Å². The lowest BCUT2D eigenvalue weighted by Gasteiger charge is -2.36. The molecule has 3 rings (SSSR count). The Labute approximate surface area is 178 Å². The van der Waals surface area contributed by atoms with E-state index >= 15 is 0 Å². The summed E-state index contributed by atoms with van der Waals surface area (Å²) in [4.78, 5) is 26.0. The molecule has 2 fully saturated rings. The first-order valence-electron chi connectivity index (χ1n) is 10.6. The molecule has 166 valence electrons. The molecular weight excluding hydrogens is 406 g/mol. The third-order valence-corrected chi connectivity index (χ3v) is 7.79. The smallest absolute Gasteiger partial charge is 0.252 e. The first-order chi connectivity index (χ1) is 14.3. The number of ether oxygens (including phenoxy) is 1. The molecular formula is C21H31N3O5S. The number of likely N-dealkylation sites (N-methyl/N-ethyl adjacent to an activating group) is 1. The van der Waals surface area contributed by atoms with Crippen molar-refractivity contribution in [3.8, 4) is 0 Å². The van der Waals surface area contributed by atoms with Gasteiger partial charge < -0.3 is 15.4 Å². The molecule has 0 aromatic heterocycles. The summed E-state index contributed by atoms with van der Waals surface area (Å²) < 4.78 is 32.6. The van der Waals surface area contributed by atoms with Gasteiger partial charge in [0.05, 0.1) is 18.1 Å². The lowest BCUT2D eigenvalue weighted by Crippen LogP contribution is -2.59. The Hall–Kier alpha value is -1.97. The Balaban J connectivity index is 1.88. The number of carbonyl (C=O) groups is 2. The third-order valence-electron chi connectivity index (χ3n) is 5.89. The van der Waals surface area contributed by atoms with Crippen molar-refractivity contribution in [3.63, 3.8) is 0 Å². The highest BCUT2D eigenvalue weighted by molar-refractivity contribution is 7.89. The molecule has 1 aliphatic carbocycles. The monoisotopic (exact) mass is 437 g/mol. The van der Waals surface area contributed by atoms with Crippen LogP contribution in [0, 0.1) is 6.92 Å². The second kappa shape index (κ2) is 9.45. The molecule has 2 N–H and O–H groups in total. The maximum absolute atomic E-state index is 13.2. The van der Waals surface area contributed by atoms with Crippen LogP contribution in [0.3, 0.4) is 0 Å². The van der Waals surface area contributed by atoms with E-state index in [1.165, 1.54) is 16.4 Å². The Kier molecular flexibility index (Phi) is 7.15. The highest BCUT2D eigenvalue weighted by Crippen LogP contribution is 2.29. The average Bonchev–Trinajstić information content (AvgIpc) is 2.75. The lowest BCUT2D eigenvalue weighted by atomic mass is 9.80. The van der Waals surface area contributed by atoms with Gasteiger partial charge in [0, 0.05) is 25.2 Å². The molecule has 1 saturated heterocycles. The quantitative estimate of drug-likeness (QED) is 0.703. The van der Waals surface area contributed by atoms with Gasteiger partial charge in [0.1, 0.15) is 5.54 Å². The Bertz CT molecular complexity index is 888. The Morgan fingerprint density at radius 2 is 1.80 bits per heavy atom. The van der Waals surface area contributed by atoms with Gasteiger partial charge in [0.2, 0.25) is 15.9 Å². The summed E-state index contributed by atoms with van der Waals surface area (Å²) in [6.07, 6.45) is 3.91. The number of hydrogen-bond donors (Lipinski definition) is 2. The topological polar surface area (TPSA) is 105 Å². The first kappa shape index (κ1) is 22.7. The molecule has 0 atom stereocenters. The summed E-state index contributed by atoms with van der Waals surface area (Å²) in [7, 11) is -3.71. The fraction of sp³-hybridized carbons (Fsp3) is 0.619. The summed E-state index contributed by atoms with van der Waals surface area (Å²) in [6, 6.07) is 4.59. The van der Waals surface area contributed by atoms with Crippen molar-refractivity contribution < 1.29 is 22.7 Å². The second-order valence-electron chi connectivity index (χ2n) is 7.95. The van der Waals surface area contributed by atoms with Crippen LogP contribution in [0.25, 0.3) is 0 Å². The largest absolute Gasteiger partial charge is 0.379 e. The number of hydrogen-bond acceptors (Lipinski definition) is 5. The molecule has 1 heterocycles. The molecule has 9 heteroatoms. The van der Waals surface area contributed by atoms with E-state index in [1.54, 1.807) is 13.0 Å². The summed E-state index contributed by atoms with van der Waals surface area (Å²) >= 11 is 0. The number of rotatable bonds is 6. The Morgan fingerprint density at radius 3 is 2.43 bits per heavy atom. The van der Waals surface area contributed by atoms with Crippen molar-refractivity contribution >= 4 is 21.8 Å². The molecule has 2 amide bonds. The minimum Gasteiger partial charge on any atom is -0.379 e. The van der Waals surface area contributed by atoms with Gasteiger partial charge in [-0.3, -0.25) is 9.59 Å². The zero-order valence-electron chi connectivity index (χ0n) is 17.7. The molecule has 0 spiro atoms. The molecule has 30 heavy (non-hydrogen) atoms. The van der Waals surface area contributed by atoms with Crippen LogP contribution in [0.4, 0.5) is 0 Å².